The van der Waals surface area contributed by atoms with Gasteiger partial charge in [0.25, 0.3) is 0 Å². The van der Waals surface area contributed by atoms with Crippen LogP contribution >= 0.6 is 0 Å². The summed E-state index contributed by atoms with van der Waals surface area (Å²) < 4.78 is 10.1. The zero-order valence-electron chi connectivity index (χ0n) is 10.7. The molecule has 2 unspecified atom stereocenters. The number of ether oxygens (including phenoxy) is 2. The van der Waals surface area contributed by atoms with Crippen molar-refractivity contribution < 1.29 is 14.3 Å². The van der Waals surface area contributed by atoms with Crippen LogP contribution in [0.2, 0.25) is 0 Å². The summed E-state index contributed by atoms with van der Waals surface area (Å²) in [7, 11) is 1.46. The molecule has 0 aromatic carbocycles. The molecular weight excluding hydrogens is 220 g/mol. The first-order valence-electron chi connectivity index (χ1n) is 6.36. The van der Waals surface area contributed by atoms with Crippen molar-refractivity contribution in [1.82, 2.24) is 9.80 Å². The summed E-state index contributed by atoms with van der Waals surface area (Å²) in [4.78, 5) is 16.1. The van der Waals surface area contributed by atoms with Gasteiger partial charge in [-0.1, -0.05) is 0 Å². The van der Waals surface area contributed by atoms with Crippen LogP contribution in [0.3, 0.4) is 0 Å². The van der Waals surface area contributed by atoms with Crippen molar-refractivity contribution in [3.05, 3.63) is 0 Å². The summed E-state index contributed by atoms with van der Waals surface area (Å²) in [5, 5.41) is 0. The van der Waals surface area contributed by atoms with Gasteiger partial charge in [-0.2, -0.15) is 0 Å². The molecule has 2 aliphatic rings. The Morgan fingerprint density at radius 3 is 2.65 bits per heavy atom. The molecule has 0 aromatic heterocycles. The maximum Gasteiger partial charge on any atom is 0.323 e. The highest BCUT2D eigenvalue weighted by atomic mass is 16.5. The number of carbonyl (C=O) groups excluding carboxylic acids is 1. The number of carbonyl (C=O) groups is 1. The van der Waals surface area contributed by atoms with Crippen molar-refractivity contribution in [2.24, 2.45) is 0 Å². The zero-order valence-corrected chi connectivity index (χ0v) is 10.7. The molecule has 5 heteroatoms. The second kappa shape index (κ2) is 5.80. The minimum atomic E-state index is -0.0925. The number of esters is 1. The monoisotopic (exact) mass is 242 g/mol. The molecule has 0 aliphatic carbocycles. The van der Waals surface area contributed by atoms with Crippen LogP contribution < -0.4 is 0 Å². The molecule has 0 N–H and O–H groups in total. The Morgan fingerprint density at radius 1 is 1.41 bits per heavy atom. The van der Waals surface area contributed by atoms with E-state index in [9.17, 15) is 4.79 Å². The van der Waals surface area contributed by atoms with E-state index in [4.69, 9.17) is 9.47 Å². The normalized spacial score (nSPS) is 28.5. The Bertz CT molecular complexity index is 266. The number of hydrogen-bond acceptors (Lipinski definition) is 5. The smallest absolute Gasteiger partial charge is 0.323 e. The molecule has 0 bridgehead atoms. The predicted molar refractivity (Wildman–Crippen MR) is 63.8 cm³/mol. The van der Waals surface area contributed by atoms with Crippen LogP contribution in [0, 0.1) is 0 Å². The van der Waals surface area contributed by atoms with Crippen molar-refractivity contribution in [3.63, 3.8) is 0 Å². The predicted octanol–water partition coefficient (Wildman–Crippen LogP) is -0.0456. The van der Waals surface area contributed by atoms with Crippen molar-refractivity contribution in [2.45, 2.75) is 25.4 Å². The van der Waals surface area contributed by atoms with E-state index in [1.165, 1.54) is 7.11 Å². The Hall–Kier alpha value is -0.650. The molecule has 2 heterocycles. The Labute approximate surface area is 103 Å². The topological polar surface area (TPSA) is 42.0 Å². The minimum absolute atomic E-state index is 0.0176. The lowest BCUT2D eigenvalue weighted by molar-refractivity contribution is -0.154. The Balaban J connectivity index is 1.79. The fourth-order valence-corrected chi connectivity index (χ4v) is 2.59. The van der Waals surface area contributed by atoms with Gasteiger partial charge < -0.3 is 9.47 Å². The molecule has 0 spiro atoms. The fourth-order valence-electron chi connectivity index (χ4n) is 2.59. The van der Waals surface area contributed by atoms with Crippen LogP contribution in [-0.2, 0) is 14.3 Å². The van der Waals surface area contributed by atoms with Gasteiger partial charge in [0.1, 0.15) is 6.04 Å². The molecule has 2 atom stereocenters. The second-order valence-corrected chi connectivity index (χ2v) is 4.83. The van der Waals surface area contributed by atoms with Gasteiger partial charge in [0.2, 0.25) is 0 Å². The third-order valence-electron chi connectivity index (χ3n) is 3.73. The van der Waals surface area contributed by atoms with E-state index in [-0.39, 0.29) is 12.0 Å². The van der Waals surface area contributed by atoms with Crippen molar-refractivity contribution in [1.29, 1.82) is 0 Å². The van der Waals surface area contributed by atoms with Crippen LogP contribution in [0.1, 0.15) is 13.3 Å². The first kappa shape index (κ1) is 12.8. The van der Waals surface area contributed by atoms with Crippen LogP contribution in [-0.4, -0.2) is 74.4 Å². The average Bonchev–Trinajstić information content (AvgIpc) is 2.28. The first-order chi connectivity index (χ1) is 8.22. The van der Waals surface area contributed by atoms with Gasteiger partial charge in [-0.3, -0.25) is 14.6 Å². The molecule has 2 aliphatic heterocycles. The largest absolute Gasteiger partial charge is 0.468 e. The number of nitrogens with zero attached hydrogens (tertiary/aromatic N) is 2. The molecule has 2 rings (SSSR count). The average molecular weight is 242 g/mol. The third kappa shape index (κ3) is 2.97. The van der Waals surface area contributed by atoms with Crippen LogP contribution in [0.15, 0.2) is 0 Å². The van der Waals surface area contributed by atoms with Gasteiger partial charge in [0.15, 0.2) is 0 Å². The van der Waals surface area contributed by atoms with E-state index in [2.05, 4.69) is 16.7 Å². The highest BCUT2D eigenvalue weighted by Gasteiger charge is 2.38. The van der Waals surface area contributed by atoms with Gasteiger partial charge in [0.05, 0.1) is 20.3 Å². The van der Waals surface area contributed by atoms with Gasteiger partial charge in [-0.25, -0.2) is 0 Å². The minimum Gasteiger partial charge on any atom is -0.468 e. The molecule has 0 aromatic rings. The molecule has 98 valence electrons. The lowest BCUT2D eigenvalue weighted by Crippen LogP contribution is -2.59. The number of methoxy groups -OCH3 is 1. The van der Waals surface area contributed by atoms with Crippen molar-refractivity contribution >= 4 is 5.97 Å². The molecule has 5 nitrogen and oxygen atoms in total. The third-order valence-corrected chi connectivity index (χ3v) is 3.73. The lowest BCUT2D eigenvalue weighted by atomic mass is 10.00. The van der Waals surface area contributed by atoms with Crippen LogP contribution in [0.4, 0.5) is 0 Å². The van der Waals surface area contributed by atoms with E-state index < -0.39 is 0 Å². The molecule has 2 saturated heterocycles. The molecule has 0 radical (unpaired) electrons. The summed E-state index contributed by atoms with van der Waals surface area (Å²) in [5.41, 5.74) is 0. The Kier molecular flexibility index (Phi) is 4.36. The van der Waals surface area contributed by atoms with E-state index in [0.717, 1.165) is 45.8 Å². The van der Waals surface area contributed by atoms with Crippen LogP contribution in [0.5, 0.6) is 0 Å². The van der Waals surface area contributed by atoms with Gasteiger partial charge >= 0.3 is 5.97 Å². The summed E-state index contributed by atoms with van der Waals surface area (Å²) in [6, 6.07) is 0.391. The maximum atomic E-state index is 11.5. The number of morpholine rings is 1. The highest BCUT2D eigenvalue weighted by Crippen LogP contribution is 2.22. The summed E-state index contributed by atoms with van der Waals surface area (Å²) in [6.45, 7) is 7.86. The van der Waals surface area contributed by atoms with Gasteiger partial charge in [0, 0.05) is 32.2 Å². The molecular formula is C12H22N2O3. The highest BCUT2D eigenvalue weighted by molar-refractivity contribution is 5.76. The van der Waals surface area contributed by atoms with Crippen molar-refractivity contribution in [3.8, 4) is 0 Å². The van der Waals surface area contributed by atoms with E-state index in [1.807, 2.05) is 0 Å². The van der Waals surface area contributed by atoms with Gasteiger partial charge in [-0.05, 0) is 13.3 Å². The van der Waals surface area contributed by atoms with E-state index >= 15 is 0 Å². The number of hydrogen-bond donors (Lipinski definition) is 0. The fraction of sp³-hybridized carbons (Fsp3) is 0.917. The second-order valence-electron chi connectivity index (χ2n) is 4.83. The first-order valence-corrected chi connectivity index (χ1v) is 6.36. The summed E-state index contributed by atoms with van der Waals surface area (Å²) in [6.07, 6.45) is 0.931. The summed E-state index contributed by atoms with van der Waals surface area (Å²) >= 11 is 0. The molecule has 2 fully saturated rings. The standard InChI is InChI=1S/C12H22N2O3/c1-10(9-13-5-7-17-8-6-13)14-4-3-11(14)12(15)16-2/h10-11H,3-9H2,1-2H3. The molecule has 0 saturated carbocycles. The zero-order chi connectivity index (χ0) is 12.3. The maximum absolute atomic E-state index is 11.5. The molecule has 0 amide bonds. The van der Waals surface area contributed by atoms with E-state index in [0.29, 0.717) is 6.04 Å². The van der Waals surface area contributed by atoms with Gasteiger partial charge in [-0.15, -0.1) is 0 Å². The van der Waals surface area contributed by atoms with Crippen molar-refractivity contribution in [2.75, 3.05) is 46.5 Å². The quantitative estimate of drug-likeness (QED) is 0.647. The van der Waals surface area contributed by atoms with Crippen LogP contribution in [0.25, 0.3) is 0 Å². The molecule has 17 heavy (non-hydrogen) atoms. The lowest BCUT2D eigenvalue weighted by Gasteiger charge is -2.44. The van der Waals surface area contributed by atoms with E-state index in [1.54, 1.807) is 0 Å². The number of likely N-dealkylation sites (tertiary alicyclic amines) is 1. The SMILES string of the molecule is COC(=O)C1CCN1C(C)CN1CCOCC1. The number of rotatable bonds is 4. The summed E-state index contributed by atoms with van der Waals surface area (Å²) in [5.74, 6) is -0.0925. The Morgan fingerprint density at radius 2 is 2.12 bits per heavy atom.